The lowest BCUT2D eigenvalue weighted by Gasteiger charge is -2.33. The fourth-order valence-corrected chi connectivity index (χ4v) is 3.84. The summed E-state index contributed by atoms with van der Waals surface area (Å²) in [5.41, 5.74) is 2.42. The molecule has 34 heavy (non-hydrogen) atoms. The summed E-state index contributed by atoms with van der Waals surface area (Å²) in [6.07, 6.45) is 1.54. The first-order chi connectivity index (χ1) is 16.5. The van der Waals surface area contributed by atoms with E-state index in [1.165, 1.54) is 19.1 Å². The molecule has 5 nitrogen and oxygen atoms in total. The maximum absolute atomic E-state index is 14.1. The zero-order valence-electron chi connectivity index (χ0n) is 18.9. The van der Waals surface area contributed by atoms with E-state index < -0.39 is 5.82 Å². The average molecular weight is 460 g/mol. The number of hydrogen-bond acceptors (Lipinski definition) is 4. The molecule has 0 aliphatic carbocycles. The first-order valence-electron chi connectivity index (χ1n) is 11.2. The standard InChI is InChI=1S/C28H26FNO4/c1-20(31)25-13-12-23(17-27(25)29)34-19-24-18-30(14-15-33-24)28(32)26(22-10-6-3-7-11-22)16-21-8-4-2-5-9-21/h2-13,16-17,24H,14-15,18-19H2,1H3. The molecular formula is C28H26FNO4. The smallest absolute Gasteiger partial charge is 0.254 e. The molecule has 1 fully saturated rings. The van der Waals surface area contributed by atoms with Crippen LogP contribution >= 0.6 is 0 Å². The molecule has 0 N–H and O–H groups in total. The summed E-state index contributed by atoms with van der Waals surface area (Å²) in [6, 6.07) is 23.5. The Morgan fingerprint density at radius 1 is 1.06 bits per heavy atom. The third kappa shape index (κ3) is 5.77. The van der Waals surface area contributed by atoms with Crippen LogP contribution in [-0.4, -0.2) is 49.0 Å². The summed E-state index contributed by atoms with van der Waals surface area (Å²) in [7, 11) is 0. The van der Waals surface area contributed by atoms with Crippen LogP contribution in [0.2, 0.25) is 0 Å². The minimum Gasteiger partial charge on any atom is -0.491 e. The minimum atomic E-state index is -0.620. The first kappa shape index (κ1) is 23.4. The number of nitrogens with zero attached hydrogens (tertiary/aromatic N) is 1. The van der Waals surface area contributed by atoms with Crippen molar-refractivity contribution in [2.45, 2.75) is 13.0 Å². The Morgan fingerprint density at radius 3 is 2.44 bits per heavy atom. The number of benzene rings is 3. The molecule has 1 aliphatic rings. The quantitative estimate of drug-likeness (QED) is 0.287. The molecule has 0 spiro atoms. The molecule has 0 saturated carbocycles. The molecule has 174 valence electrons. The molecule has 1 heterocycles. The molecule has 3 aromatic rings. The summed E-state index contributed by atoms with van der Waals surface area (Å²) in [5.74, 6) is -0.736. The van der Waals surface area contributed by atoms with Crippen LogP contribution in [-0.2, 0) is 9.53 Å². The number of ketones is 1. The van der Waals surface area contributed by atoms with Gasteiger partial charge in [-0.25, -0.2) is 4.39 Å². The van der Waals surface area contributed by atoms with Gasteiger partial charge in [0, 0.05) is 18.2 Å². The number of morpholine rings is 1. The molecule has 4 rings (SSSR count). The number of hydrogen-bond donors (Lipinski definition) is 0. The van der Waals surface area contributed by atoms with Gasteiger partial charge in [-0.2, -0.15) is 0 Å². The number of rotatable bonds is 7. The van der Waals surface area contributed by atoms with E-state index in [1.54, 1.807) is 11.0 Å². The van der Waals surface area contributed by atoms with E-state index in [9.17, 15) is 14.0 Å². The highest BCUT2D eigenvalue weighted by Crippen LogP contribution is 2.23. The summed E-state index contributed by atoms with van der Waals surface area (Å²) in [4.78, 5) is 26.7. The highest BCUT2D eigenvalue weighted by atomic mass is 19.1. The molecule has 3 aromatic carbocycles. The lowest BCUT2D eigenvalue weighted by molar-refractivity contribution is -0.133. The number of carbonyl (C=O) groups is 2. The highest BCUT2D eigenvalue weighted by molar-refractivity contribution is 6.24. The van der Waals surface area contributed by atoms with Gasteiger partial charge in [0.2, 0.25) is 0 Å². The van der Waals surface area contributed by atoms with Crippen molar-refractivity contribution in [1.82, 2.24) is 4.90 Å². The first-order valence-corrected chi connectivity index (χ1v) is 11.2. The molecular weight excluding hydrogens is 433 g/mol. The Kier molecular flexibility index (Phi) is 7.50. The van der Waals surface area contributed by atoms with Crippen molar-refractivity contribution in [2.75, 3.05) is 26.3 Å². The second-order valence-electron chi connectivity index (χ2n) is 8.09. The van der Waals surface area contributed by atoms with Gasteiger partial charge in [-0.05, 0) is 36.3 Å². The summed E-state index contributed by atoms with van der Waals surface area (Å²) in [5, 5.41) is 0. The monoisotopic (exact) mass is 459 g/mol. The Hall–Kier alpha value is -3.77. The molecule has 6 heteroatoms. The highest BCUT2D eigenvalue weighted by Gasteiger charge is 2.27. The normalized spacial score (nSPS) is 16.2. The Balaban J connectivity index is 1.46. The van der Waals surface area contributed by atoms with Crippen molar-refractivity contribution in [3.63, 3.8) is 0 Å². The van der Waals surface area contributed by atoms with E-state index in [0.717, 1.165) is 11.1 Å². The third-order valence-electron chi connectivity index (χ3n) is 5.61. The van der Waals surface area contributed by atoms with Crippen LogP contribution in [0.25, 0.3) is 11.6 Å². The lowest BCUT2D eigenvalue weighted by Crippen LogP contribution is -2.47. The molecule has 0 bridgehead atoms. The topological polar surface area (TPSA) is 55.8 Å². The van der Waals surface area contributed by atoms with Gasteiger partial charge >= 0.3 is 0 Å². The van der Waals surface area contributed by atoms with Crippen LogP contribution in [0.15, 0.2) is 78.9 Å². The van der Waals surface area contributed by atoms with Crippen LogP contribution in [0.1, 0.15) is 28.4 Å². The summed E-state index contributed by atoms with van der Waals surface area (Å²) < 4.78 is 25.6. The van der Waals surface area contributed by atoms with Crippen molar-refractivity contribution < 1.29 is 23.5 Å². The zero-order valence-corrected chi connectivity index (χ0v) is 18.9. The molecule has 1 unspecified atom stereocenters. The fraction of sp³-hybridized carbons (Fsp3) is 0.214. The largest absolute Gasteiger partial charge is 0.491 e. The van der Waals surface area contributed by atoms with E-state index in [4.69, 9.17) is 9.47 Å². The van der Waals surface area contributed by atoms with Gasteiger partial charge in [-0.1, -0.05) is 60.7 Å². The molecule has 1 atom stereocenters. The van der Waals surface area contributed by atoms with Gasteiger partial charge in [0.25, 0.3) is 5.91 Å². The SMILES string of the molecule is CC(=O)c1ccc(OCC2CN(C(=O)C(=Cc3ccccc3)c3ccccc3)CCO2)cc1F. The Labute approximate surface area is 198 Å². The van der Waals surface area contributed by atoms with Crippen molar-refractivity contribution in [1.29, 1.82) is 0 Å². The number of Topliss-reactive ketones (excluding diaryl/α,β-unsaturated/α-hetero) is 1. The Bertz CT molecular complexity index is 1180. The fourth-order valence-electron chi connectivity index (χ4n) is 3.84. The molecule has 1 aliphatic heterocycles. The van der Waals surface area contributed by atoms with Gasteiger partial charge in [0.1, 0.15) is 24.3 Å². The molecule has 1 amide bonds. The van der Waals surface area contributed by atoms with E-state index in [2.05, 4.69) is 0 Å². The van der Waals surface area contributed by atoms with Gasteiger partial charge in [-0.15, -0.1) is 0 Å². The Morgan fingerprint density at radius 2 is 1.76 bits per heavy atom. The van der Waals surface area contributed by atoms with E-state index >= 15 is 0 Å². The van der Waals surface area contributed by atoms with Crippen LogP contribution in [0.4, 0.5) is 4.39 Å². The summed E-state index contributed by atoms with van der Waals surface area (Å²) >= 11 is 0. The van der Waals surface area contributed by atoms with Crippen LogP contribution in [0.5, 0.6) is 5.75 Å². The van der Waals surface area contributed by atoms with Crippen molar-refractivity contribution in [2.24, 2.45) is 0 Å². The van der Waals surface area contributed by atoms with Crippen molar-refractivity contribution in [3.8, 4) is 5.75 Å². The maximum atomic E-state index is 14.1. The predicted octanol–water partition coefficient (Wildman–Crippen LogP) is 4.88. The van der Waals surface area contributed by atoms with Gasteiger partial charge in [-0.3, -0.25) is 9.59 Å². The number of carbonyl (C=O) groups excluding carboxylic acids is 2. The van der Waals surface area contributed by atoms with Crippen molar-refractivity contribution in [3.05, 3.63) is 101 Å². The van der Waals surface area contributed by atoms with E-state index in [0.29, 0.717) is 31.0 Å². The third-order valence-corrected chi connectivity index (χ3v) is 5.61. The van der Waals surface area contributed by atoms with E-state index in [1.807, 2.05) is 66.7 Å². The molecule has 0 aromatic heterocycles. The zero-order chi connectivity index (χ0) is 23.9. The minimum absolute atomic E-state index is 0.0247. The van der Waals surface area contributed by atoms with Crippen LogP contribution in [0, 0.1) is 5.82 Å². The van der Waals surface area contributed by atoms with Gasteiger partial charge < -0.3 is 14.4 Å². The van der Waals surface area contributed by atoms with Gasteiger partial charge in [0.15, 0.2) is 5.78 Å². The number of halogens is 1. The number of ether oxygens (including phenoxy) is 2. The average Bonchev–Trinajstić information content (AvgIpc) is 2.87. The molecule has 1 saturated heterocycles. The van der Waals surface area contributed by atoms with Crippen LogP contribution < -0.4 is 4.74 Å². The van der Waals surface area contributed by atoms with E-state index in [-0.39, 0.29) is 30.0 Å². The van der Waals surface area contributed by atoms with Gasteiger partial charge in [0.05, 0.1) is 18.7 Å². The van der Waals surface area contributed by atoms with Crippen molar-refractivity contribution >= 4 is 23.3 Å². The summed E-state index contributed by atoms with van der Waals surface area (Å²) in [6.45, 7) is 2.68. The maximum Gasteiger partial charge on any atom is 0.254 e. The second kappa shape index (κ2) is 10.9. The lowest BCUT2D eigenvalue weighted by atomic mass is 10.0. The van der Waals surface area contributed by atoms with Crippen LogP contribution in [0.3, 0.4) is 0 Å². The number of amides is 1. The second-order valence-corrected chi connectivity index (χ2v) is 8.09. The predicted molar refractivity (Wildman–Crippen MR) is 129 cm³/mol. The molecule has 0 radical (unpaired) electrons.